The van der Waals surface area contributed by atoms with Gasteiger partial charge in [-0.25, -0.2) is 4.79 Å². The number of nitrogen functional groups attached to an aromatic ring is 1. The Labute approximate surface area is 117 Å². The van der Waals surface area contributed by atoms with E-state index < -0.39 is 5.97 Å². The molecule has 2 rings (SSSR count). The van der Waals surface area contributed by atoms with Gasteiger partial charge in [-0.15, -0.1) is 0 Å². The summed E-state index contributed by atoms with van der Waals surface area (Å²) in [5, 5.41) is 12.1. The molecule has 0 saturated heterocycles. The standard InChI is InChI=1S/C15H16N2O3/c1-20-13-4-2-3-12(8-13)17-9-11-6-5-10(15(18)19)7-14(11)16/h2-8,17H,9,16H2,1H3,(H,18,19). The van der Waals surface area contributed by atoms with E-state index >= 15 is 0 Å². The van der Waals surface area contributed by atoms with Crippen LogP contribution in [0.4, 0.5) is 11.4 Å². The molecular weight excluding hydrogens is 256 g/mol. The SMILES string of the molecule is COc1cccc(NCc2ccc(C(=O)O)cc2N)c1. The number of benzene rings is 2. The second-order valence-corrected chi connectivity index (χ2v) is 4.30. The first-order valence-electron chi connectivity index (χ1n) is 6.10. The molecule has 0 fully saturated rings. The van der Waals surface area contributed by atoms with Gasteiger partial charge in [-0.05, 0) is 29.8 Å². The maximum atomic E-state index is 10.8. The Morgan fingerprint density at radius 3 is 2.75 bits per heavy atom. The number of methoxy groups -OCH3 is 1. The maximum Gasteiger partial charge on any atom is 0.335 e. The van der Waals surface area contributed by atoms with Crippen LogP contribution in [-0.2, 0) is 6.54 Å². The van der Waals surface area contributed by atoms with Gasteiger partial charge in [-0.3, -0.25) is 0 Å². The lowest BCUT2D eigenvalue weighted by Crippen LogP contribution is -2.05. The molecule has 20 heavy (non-hydrogen) atoms. The van der Waals surface area contributed by atoms with Gasteiger partial charge in [-0.2, -0.15) is 0 Å². The zero-order valence-electron chi connectivity index (χ0n) is 11.1. The predicted molar refractivity (Wildman–Crippen MR) is 78.1 cm³/mol. The van der Waals surface area contributed by atoms with Gasteiger partial charge in [0.25, 0.3) is 0 Å². The van der Waals surface area contributed by atoms with Crippen molar-refractivity contribution in [1.82, 2.24) is 0 Å². The molecule has 0 heterocycles. The molecule has 5 heteroatoms. The fourth-order valence-corrected chi connectivity index (χ4v) is 1.82. The summed E-state index contributed by atoms with van der Waals surface area (Å²) in [5.41, 5.74) is 8.25. The average molecular weight is 272 g/mol. The maximum absolute atomic E-state index is 10.8. The smallest absolute Gasteiger partial charge is 0.335 e. The molecule has 0 aliphatic rings. The third-order valence-corrected chi connectivity index (χ3v) is 2.95. The van der Waals surface area contributed by atoms with Crippen LogP contribution in [0.15, 0.2) is 42.5 Å². The lowest BCUT2D eigenvalue weighted by Gasteiger charge is -2.10. The Morgan fingerprint density at radius 1 is 1.30 bits per heavy atom. The van der Waals surface area contributed by atoms with Gasteiger partial charge in [-0.1, -0.05) is 12.1 Å². The Morgan fingerprint density at radius 2 is 2.10 bits per heavy atom. The van der Waals surface area contributed by atoms with Gasteiger partial charge in [0.1, 0.15) is 5.75 Å². The first-order chi connectivity index (χ1) is 9.60. The fourth-order valence-electron chi connectivity index (χ4n) is 1.82. The van der Waals surface area contributed by atoms with Crippen molar-refractivity contribution in [2.75, 3.05) is 18.2 Å². The summed E-state index contributed by atoms with van der Waals surface area (Å²) >= 11 is 0. The molecule has 0 aliphatic carbocycles. The Balaban J connectivity index is 2.08. The zero-order valence-corrected chi connectivity index (χ0v) is 11.1. The van der Waals surface area contributed by atoms with Gasteiger partial charge in [0.2, 0.25) is 0 Å². The summed E-state index contributed by atoms with van der Waals surface area (Å²) in [6.07, 6.45) is 0. The summed E-state index contributed by atoms with van der Waals surface area (Å²) in [5.74, 6) is -0.215. The fraction of sp³-hybridized carbons (Fsp3) is 0.133. The number of carboxylic acids is 1. The summed E-state index contributed by atoms with van der Waals surface area (Å²) < 4.78 is 5.14. The Bertz CT molecular complexity index is 626. The van der Waals surface area contributed by atoms with E-state index in [-0.39, 0.29) is 5.56 Å². The van der Waals surface area contributed by atoms with Gasteiger partial charge in [0, 0.05) is 24.0 Å². The van der Waals surface area contributed by atoms with Crippen molar-refractivity contribution in [3.63, 3.8) is 0 Å². The van der Waals surface area contributed by atoms with E-state index in [1.54, 1.807) is 19.2 Å². The number of aromatic carboxylic acids is 1. The van der Waals surface area contributed by atoms with Crippen LogP contribution in [0.5, 0.6) is 5.75 Å². The van der Waals surface area contributed by atoms with Gasteiger partial charge < -0.3 is 20.9 Å². The minimum atomic E-state index is -0.982. The number of carbonyl (C=O) groups is 1. The third kappa shape index (κ3) is 3.20. The molecule has 0 aliphatic heterocycles. The quantitative estimate of drug-likeness (QED) is 0.728. The van der Waals surface area contributed by atoms with Crippen LogP contribution < -0.4 is 15.8 Å². The van der Waals surface area contributed by atoms with Gasteiger partial charge >= 0.3 is 5.97 Å². The van der Waals surface area contributed by atoms with E-state index in [0.717, 1.165) is 17.0 Å². The van der Waals surface area contributed by atoms with Crippen LogP contribution in [-0.4, -0.2) is 18.2 Å². The highest BCUT2D eigenvalue weighted by molar-refractivity contribution is 5.89. The number of carboxylic acid groups (broad SMARTS) is 1. The van der Waals surface area contributed by atoms with E-state index in [0.29, 0.717) is 12.2 Å². The predicted octanol–water partition coefficient (Wildman–Crippen LogP) is 2.59. The van der Waals surface area contributed by atoms with E-state index in [9.17, 15) is 4.79 Å². The largest absolute Gasteiger partial charge is 0.497 e. The van der Waals surface area contributed by atoms with Crippen LogP contribution in [0.25, 0.3) is 0 Å². The van der Waals surface area contributed by atoms with Gasteiger partial charge in [0.15, 0.2) is 0 Å². The van der Waals surface area contributed by atoms with Crippen molar-refractivity contribution < 1.29 is 14.6 Å². The second-order valence-electron chi connectivity index (χ2n) is 4.30. The molecule has 4 N–H and O–H groups in total. The highest BCUT2D eigenvalue weighted by Gasteiger charge is 2.06. The molecule has 104 valence electrons. The monoisotopic (exact) mass is 272 g/mol. The van der Waals surface area contributed by atoms with Gasteiger partial charge in [0.05, 0.1) is 12.7 Å². The molecule has 2 aromatic carbocycles. The summed E-state index contributed by atoms with van der Waals surface area (Å²) in [6, 6.07) is 12.3. The molecule has 0 atom stereocenters. The average Bonchev–Trinajstić information content (AvgIpc) is 2.46. The van der Waals surface area contributed by atoms with E-state index in [4.69, 9.17) is 15.6 Å². The van der Waals surface area contributed by atoms with Crippen LogP contribution in [0.2, 0.25) is 0 Å². The minimum absolute atomic E-state index is 0.188. The minimum Gasteiger partial charge on any atom is -0.497 e. The van der Waals surface area contributed by atoms with E-state index in [1.807, 2.05) is 24.3 Å². The first kappa shape index (κ1) is 13.7. The number of nitrogens with one attached hydrogen (secondary N) is 1. The molecular formula is C15H16N2O3. The number of anilines is 2. The number of hydrogen-bond donors (Lipinski definition) is 3. The normalized spacial score (nSPS) is 10.1. The Kier molecular flexibility index (Phi) is 4.10. The second kappa shape index (κ2) is 5.97. The van der Waals surface area contributed by atoms with Crippen LogP contribution in [0, 0.1) is 0 Å². The summed E-state index contributed by atoms with van der Waals surface area (Å²) in [6.45, 7) is 0.513. The van der Waals surface area contributed by atoms with Crippen molar-refractivity contribution in [1.29, 1.82) is 0 Å². The molecule has 0 aromatic heterocycles. The van der Waals surface area contributed by atoms with Crippen LogP contribution in [0.3, 0.4) is 0 Å². The van der Waals surface area contributed by atoms with Crippen LogP contribution >= 0.6 is 0 Å². The lowest BCUT2D eigenvalue weighted by molar-refractivity contribution is 0.0697. The molecule has 0 radical (unpaired) electrons. The molecule has 2 aromatic rings. The Hall–Kier alpha value is -2.69. The lowest BCUT2D eigenvalue weighted by atomic mass is 10.1. The first-order valence-corrected chi connectivity index (χ1v) is 6.10. The van der Waals surface area contributed by atoms with Crippen LogP contribution in [0.1, 0.15) is 15.9 Å². The third-order valence-electron chi connectivity index (χ3n) is 2.95. The van der Waals surface area contributed by atoms with Crippen molar-refractivity contribution in [3.05, 3.63) is 53.6 Å². The number of hydrogen-bond acceptors (Lipinski definition) is 4. The molecule has 0 amide bonds. The van der Waals surface area contributed by atoms with Crippen molar-refractivity contribution >= 4 is 17.3 Å². The van der Waals surface area contributed by atoms with Crippen molar-refractivity contribution in [2.24, 2.45) is 0 Å². The molecule has 0 saturated carbocycles. The summed E-state index contributed by atoms with van der Waals surface area (Å²) in [4.78, 5) is 10.8. The van der Waals surface area contributed by atoms with Crippen molar-refractivity contribution in [3.8, 4) is 5.75 Å². The molecule has 0 bridgehead atoms. The number of ether oxygens (including phenoxy) is 1. The number of rotatable bonds is 5. The topological polar surface area (TPSA) is 84.6 Å². The zero-order chi connectivity index (χ0) is 14.5. The van der Waals surface area contributed by atoms with E-state index in [1.165, 1.54) is 6.07 Å². The molecule has 5 nitrogen and oxygen atoms in total. The summed E-state index contributed by atoms with van der Waals surface area (Å²) in [7, 11) is 1.61. The molecule has 0 spiro atoms. The van der Waals surface area contributed by atoms with Crippen molar-refractivity contribution in [2.45, 2.75) is 6.54 Å². The van der Waals surface area contributed by atoms with E-state index in [2.05, 4.69) is 5.32 Å². The highest BCUT2D eigenvalue weighted by Crippen LogP contribution is 2.19. The highest BCUT2D eigenvalue weighted by atomic mass is 16.5. The number of nitrogens with two attached hydrogens (primary N) is 1. The molecule has 0 unspecified atom stereocenters.